The highest BCUT2D eigenvalue weighted by Gasteiger charge is 2.11. The molecule has 0 aliphatic carbocycles. The van der Waals surface area contributed by atoms with Crippen molar-refractivity contribution in [2.24, 2.45) is 5.92 Å². The summed E-state index contributed by atoms with van der Waals surface area (Å²) in [6.45, 7) is 8.12. The van der Waals surface area contributed by atoms with E-state index in [0.717, 1.165) is 12.8 Å². The maximum atomic E-state index is 11.3. The van der Waals surface area contributed by atoms with Crippen LogP contribution in [-0.2, 0) is 9.53 Å². The number of carbonyl (C=O) groups excluding carboxylic acids is 1. The molecule has 1 unspecified atom stereocenters. The summed E-state index contributed by atoms with van der Waals surface area (Å²) in [7, 11) is 0. The normalized spacial score (nSPS) is 13.5. The van der Waals surface area contributed by atoms with E-state index in [0.29, 0.717) is 12.3 Å². The van der Waals surface area contributed by atoms with Crippen LogP contribution in [0.15, 0.2) is 12.2 Å². The highest BCUT2D eigenvalue weighted by molar-refractivity contribution is 5.69. The molecule has 0 saturated carbocycles. The Bertz CT molecular complexity index is 183. The van der Waals surface area contributed by atoms with Crippen LogP contribution in [-0.4, -0.2) is 12.1 Å². The summed E-state index contributed by atoms with van der Waals surface area (Å²) in [5.74, 6) is 0.303. The van der Waals surface area contributed by atoms with Gasteiger partial charge in [0.15, 0.2) is 0 Å². The number of esters is 1. The lowest BCUT2D eigenvalue weighted by atomic mass is 10.1. The summed E-state index contributed by atoms with van der Waals surface area (Å²) >= 11 is 0. The fraction of sp³-hybridized carbons (Fsp3) is 0.750. The van der Waals surface area contributed by atoms with Crippen LogP contribution in [0.5, 0.6) is 0 Å². The SMILES string of the molecule is CC/C=C\CCC(=O)OC(C)C(C)C. The van der Waals surface area contributed by atoms with Gasteiger partial charge < -0.3 is 4.74 Å². The lowest BCUT2D eigenvalue weighted by Gasteiger charge is -2.16. The van der Waals surface area contributed by atoms with Crippen LogP contribution in [0.2, 0.25) is 0 Å². The molecule has 2 heteroatoms. The van der Waals surface area contributed by atoms with Gasteiger partial charge in [0.05, 0.1) is 0 Å². The topological polar surface area (TPSA) is 26.3 Å². The maximum absolute atomic E-state index is 11.3. The predicted octanol–water partition coefficient (Wildman–Crippen LogP) is 3.32. The van der Waals surface area contributed by atoms with E-state index in [1.54, 1.807) is 0 Å². The molecule has 1 atom stereocenters. The second kappa shape index (κ2) is 7.60. The van der Waals surface area contributed by atoms with Crippen molar-refractivity contribution < 1.29 is 9.53 Å². The summed E-state index contributed by atoms with van der Waals surface area (Å²) in [6.07, 6.45) is 6.43. The first-order valence-electron chi connectivity index (χ1n) is 5.42. The fourth-order valence-corrected chi connectivity index (χ4v) is 0.888. The van der Waals surface area contributed by atoms with Crippen LogP contribution in [0.25, 0.3) is 0 Å². The number of ether oxygens (including phenoxy) is 1. The molecule has 0 aromatic heterocycles. The van der Waals surface area contributed by atoms with Gasteiger partial charge in [-0.3, -0.25) is 4.79 Å². The van der Waals surface area contributed by atoms with E-state index in [9.17, 15) is 4.79 Å². The minimum atomic E-state index is -0.0908. The van der Waals surface area contributed by atoms with Crippen molar-refractivity contribution in [3.63, 3.8) is 0 Å². The van der Waals surface area contributed by atoms with E-state index in [1.165, 1.54) is 0 Å². The second-order valence-corrected chi connectivity index (χ2v) is 3.86. The van der Waals surface area contributed by atoms with Gasteiger partial charge in [-0.1, -0.05) is 32.9 Å². The van der Waals surface area contributed by atoms with E-state index in [-0.39, 0.29) is 12.1 Å². The van der Waals surface area contributed by atoms with Gasteiger partial charge in [-0.05, 0) is 25.7 Å². The zero-order valence-corrected chi connectivity index (χ0v) is 9.75. The zero-order valence-electron chi connectivity index (χ0n) is 9.75. The lowest BCUT2D eigenvalue weighted by molar-refractivity contribution is -0.150. The van der Waals surface area contributed by atoms with Crippen LogP contribution in [0, 0.1) is 5.92 Å². The molecule has 0 heterocycles. The highest BCUT2D eigenvalue weighted by atomic mass is 16.5. The molecular formula is C12H22O2. The highest BCUT2D eigenvalue weighted by Crippen LogP contribution is 2.07. The van der Waals surface area contributed by atoms with Gasteiger partial charge >= 0.3 is 5.97 Å². The molecule has 0 aliphatic rings. The summed E-state index contributed by atoms with van der Waals surface area (Å²) in [5.41, 5.74) is 0. The summed E-state index contributed by atoms with van der Waals surface area (Å²) in [6, 6.07) is 0. The summed E-state index contributed by atoms with van der Waals surface area (Å²) < 4.78 is 5.22. The Morgan fingerprint density at radius 2 is 1.93 bits per heavy atom. The molecule has 0 radical (unpaired) electrons. The molecule has 82 valence electrons. The standard InChI is InChI=1S/C12H22O2/c1-5-6-7-8-9-12(13)14-11(4)10(2)3/h6-7,10-11H,5,8-9H2,1-4H3/b7-6-. The molecule has 0 fully saturated rings. The van der Waals surface area contributed by atoms with E-state index in [4.69, 9.17) is 4.74 Å². The molecule has 14 heavy (non-hydrogen) atoms. The summed E-state index contributed by atoms with van der Waals surface area (Å²) in [5, 5.41) is 0. The molecule has 0 amide bonds. The quantitative estimate of drug-likeness (QED) is 0.483. The van der Waals surface area contributed by atoms with Gasteiger partial charge in [-0.25, -0.2) is 0 Å². The smallest absolute Gasteiger partial charge is 0.306 e. The second-order valence-electron chi connectivity index (χ2n) is 3.86. The van der Waals surface area contributed by atoms with Crippen LogP contribution in [0.3, 0.4) is 0 Å². The molecule has 0 saturated heterocycles. The average Bonchev–Trinajstić information content (AvgIpc) is 2.12. The van der Waals surface area contributed by atoms with E-state index >= 15 is 0 Å². The molecular weight excluding hydrogens is 176 g/mol. The monoisotopic (exact) mass is 198 g/mol. The van der Waals surface area contributed by atoms with Crippen molar-refractivity contribution in [1.29, 1.82) is 0 Å². The Morgan fingerprint density at radius 1 is 1.29 bits per heavy atom. The number of allylic oxidation sites excluding steroid dienone is 2. The Hall–Kier alpha value is -0.790. The summed E-state index contributed by atoms with van der Waals surface area (Å²) in [4.78, 5) is 11.3. The van der Waals surface area contributed by atoms with Crippen molar-refractivity contribution in [2.45, 2.75) is 53.1 Å². The molecule has 0 spiro atoms. The van der Waals surface area contributed by atoms with Crippen LogP contribution in [0.4, 0.5) is 0 Å². The average molecular weight is 198 g/mol. The van der Waals surface area contributed by atoms with Crippen molar-refractivity contribution in [1.82, 2.24) is 0 Å². The molecule has 0 aromatic carbocycles. The minimum absolute atomic E-state index is 0.0256. The van der Waals surface area contributed by atoms with Gasteiger partial charge in [0.25, 0.3) is 0 Å². The molecule has 0 N–H and O–H groups in total. The Balaban J connectivity index is 3.60. The number of hydrogen-bond donors (Lipinski definition) is 0. The van der Waals surface area contributed by atoms with Gasteiger partial charge in [-0.2, -0.15) is 0 Å². The van der Waals surface area contributed by atoms with Gasteiger partial charge in [0.2, 0.25) is 0 Å². The zero-order chi connectivity index (χ0) is 11.0. The third-order valence-electron chi connectivity index (χ3n) is 2.17. The molecule has 0 bridgehead atoms. The lowest BCUT2D eigenvalue weighted by Crippen LogP contribution is -2.19. The first kappa shape index (κ1) is 13.2. The van der Waals surface area contributed by atoms with Crippen molar-refractivity contribution >= 4 is 5.97 Å². The minimum Gasteiger partial charge on any atom is -0.462 e. The van der Waals surface area contributed by atoms with Crippen molar-refractivity contribution in [3.8, 4) is 0 Å². The molecule has 0 aromatic rings. The van der Waals surface area contributed by atoms with E-state index in [2.05, 4.69) is 26.8 Å². The molecule has 0 rings (SSSR count). The van der Waals surface area contributed by atoms with Crippen molar-refractivity contribution in [3.05, 3.63) is 12.2 Å². The Kier molecular flexibility index (Phi) is 7.17. The van der Waals surface area contributed by atoms with Gasteiger partial charge in [0.1, 0.15) is 6.10 Å². The molecule has 0 aliphatic heterocycles. The largest absolute Gasteiger partial charge is 0.462 e. The third-order valence-corrected chi connectivity index (χ3v) is 2.17. The van der Waals surface area contributed by atoms with Gasteiger partial charge in [0, 0.05) is 6.42 Å². The van der Waals surface area contributed by atoms with Crippen LogP contribution >= 0.6 is 0 Å². The maximum Gasteiger partial charge on any atom is 0.306 e. The Morgan fingerprint density at radius 3 is 2.43 bits per heavy atom. The van der Waals surface area contributed by atoms with E-state index in [1.807, 2.05) is 13.0 Å². The Labute approximate surface area is 87.3 Å². The predicted molar refractivity (Wildman–Crippen MR) is 59.1 cm³/mol. The van der Waals surface area contributed by atoms with Crippen LogP contribution < -0.4 is 0 Å². The first-order chi connectivity index (χ1) is 6.57. The van der Waals surface area contributed by atoms with Gasteiger partial charge in [-0.15, -0.1) is 0 Å². The van der Waals surface area contributed by atoms with E-state index < -0.39 is 0 Å². The number of rotatable bonds is 6. The number of carbonyl (C=O) groups is 1. The fourth-order valence-electron chi connectivity index (χ4n) is 0.888. The van der Waals surface area contributed by atoms with Crippen molar-refractivity contribution in [2.75, 3.05) is 0 Å². The van der Waals surface area contributed by atoms with Crippen LogP contribution in [0.1, 0.15) is 47.0 Å². The number of hydrogen-bond acceptors (Lipinski definition) is 2. The third kappa shape index (κ3) is 6.70. The first-order valence-corrected chi connectivity index (χ1v) is 5.42. The molecule has 2 nitrogen and oxygen atoms in total.